The number of carbonyl (C=O) groups is 1. The monoisotopic (exact) mass is 513 g/mol. The van der Waals surface area contributed by atoms with E-state index in [1.165, 1.54) is 22.7 Å². The summed E-state index contributed by atoms with van der Waals surface area (Å²) < 4.78 is 0. The van der Waals surface area contributed by atoms with Crippen LogP contribution in [0.1, 0.15) is 16.6 Å². The zero-order valence-corrected chi connectivity index (χ0v) is 19.8. The van der Waals surface area contributed by atoms with Crippen LogP contribution in [-0.2, 0) is 11.3 Å². The predicted octanol–water partition coefficient (Wildman–Crippen LogP) is 4.47. The second-order valence-electron chi connectivity index (χ2n) is 7.30. The Balaban J connectivity index is 1.26. The van der Waals surface area contributed by atoms with Crippen LogP contribution >= 0.6 is 45.9 Å². The minimum Gasteiger partial charge on any atom is -0.345 e. The van der Waals surface area contributed by atoms with Crippen molar-refractivity contribution in [1.29, 1.82) is 0 Å². The Bertz CT molecular complexity index is 1590. The standard InChI is InChI=1S/C21H13Cl2N7OS2/c22-12-7-3-1-5-10(12)17-15(23)19(31)30(17)21-29-26-14(32-21)9-24-20-28-27-16-11-6-2-4-8-13(11)25-18(16)33-20/h1-8,15,17,25H,9H2. The number of nitrogens with zero attached hydrogens (tertiary/aromatic N) is 6. The molecule has 12 heteroatoms. The summed E-state index contributed by atoms with van der Waals surface area (Å²) in [5.41, 5.74) is 2.61. The number of alkyl halides is 1. The molecule has 2 aromatic carbocycles. The Morgan fingerprint density at radius 3 is 2.73 bits per heavy atom. The molecule has 1 aliphatic rings. The van der Waals surface area contributed by atoms with Crippen molar-refractivity contribution in [2.24, 2.45) is 4.99 Å². The number of rotatable bonds is 4. The molecular formula is C21H13Cl2N7OS2. The van der Waals surface area contributed by atoms with Gasteiger partial charge in [-0.25, -0.2) is 4.99 Å². The molecule has 0 saturated carbocycles. The summed E-state index contributed by atoms with van der Waals surface area (Å²) in [5.74, 6) is -0.224. The highest BCUT2D eigenvalue weighted by Gasteiger charge is 2.50. The lowest BCUT2D eigenvalue weighted by molar-refractivity contribution is -0.123. The van der Waals surface area contributed by atoms with Gasteiger partial charge in [-0.2, -0.15) is 0 Å². The second-order valence-corrected chi connectivity index (χ2v) is 10.2. The predicted molar refractivity (Wildman–Crippen MR) is 130 cm³/mol. The third-order valence-electron chi connectivity index (χ3n) is 5.34. The molecule has 6 rings (SSSR count). The van der Waals surface area contributed by atoms with Crippen LogP contribution in [0.4, 0.5) is 5.13 Å². The van der Waals surface area contributed by atoms with Crippen molar-refractivity contribution in [3.05, 3.63) is 68.9 Å². The fourth-order valence-electron chi connectivity index (χ4n) is 3.76. The first-order chi connectivity index (χ1) is 16.1. The van der Waals surface area contributed by atoms with Gasteiger partial charge in [0.1, 0.15) is 20.7 Å². The highest BCUT2D eigenvalue weighted by molar-refractivity contribution is 7.16. The number of hydrogen-bond donors (Lipinski definition) is 1. The average molecular weight is 514 g/mol. The van der Waals surface area contributed by atoms with Gasteiger partial charge in [0.2, 0.25) is 15.8 Å². The minimum absolute atomic E-state index is 0.224. The van der Waals surface area contributed by atoms with Crippen molar-refractivity contribution in [2.75, 3.05) is 4.90 Å². The maximum absolute atomic E-state index is 12.5. The van der Waals surface area contributed by atoms with Crippen molar-refractivity contribution in [1.82, 2.24) is 25.4 Å². The number of amides is 1. The maximum atomic E-state index is 12.5. The van der Waals surface area contributed by atoms with Gasteiger partial charge in [0.15, 0.2) is 0 Å². The van der Waals surface area contributed by atoms with Crippen LogP contribution in [0.2, 0.25) is 5.02 Å². The molecule has 0 spiro atoms. The van der Waals surface area contributed by atoms with Crippen molar-refractivity contribution in [3.8, 4) is 0 Å². The maximum Gasteiger partial charge on any atom is 0.250 e. The highest BCUT2D eigenvalue weighted by atomic mass is 35.5. The van der Waals surface area contributed by atoms with Gasteiger partial charge in [-0.05, 0) is 17.7 Å². The first-order valence-electron chi connectivity index (χ1n) is 9.89. The molecule has 0 radical (unpaired) electrons. The topological polar surface area (TPSA) is 100 Å². The molecule has 1 saturated heterocycles. The number of aromatic amines is 1. The Morgan fingerprint density at radius 1 is 1.03 bits per heavy atom. The molecule has 1 N–H and O–H groups in total. The van der Waals surface area contributed by atoms with Gasteiger partial charge in [0.25, 0.3) is 0 Å². The van der Waals surface area contributed by atoms with Crippen molar-refractivity contribution < 1.29 is 4.79 Å². The van der Waals surface area contributed by atoms with Gasteiger partial charge in [0.05, 0.1) is 12.6 Å². The molecule has 8 nitrogen and oxygen atoms in total. The molecule has 1 fully saturated rings. The Hall–Kier alpha value is -2.92. The summed E-state index contributed by atoms with van der Waals surface area (Å²) in [4.78, 5) is 23.3. The molecule has 1 amide bonds. The summed E-state index contributed by atoms with van der Waals surface area (Å²) >= 11 is 15.4. The molecule has 164 valence electrons. The molecule has 2 unspecified atom stereocenters. The minimum atomic E-state index is -0.693. The van der Waals surface area contributed by atoms with E-state index in [2.05, 4.69) is 30.4 Å². The summed E-state index contributed by atoms with van der Waals surface area (Å²) in [5, 5.41) is 19.0. The number of β-lactam (4-membered cyclic amide) rings is 1. The van der Waals surface area contributed by atoms with Crippen LogP contribution in [-0.4, -0.2) is 36.7 Å². The highest BCUT2D eigenvalue weighted by Crippen LogP contribution is 2.45. The molecule has 1 aliphatic heterocycles. The SMILES string of the molecule is O=C1C(Cl)C(c2ccccc2Cl)N1c1nnc(CN=c2nnc3c([nH]c4ccccc43)s2)s1. The van der Waals surface area contributed by atoms with Crippen LogP contribution in [0.15, 0.2) is 53.5 Å². The number of nitrogens with one attached hydrogen (secondary N) is 1. The average Bonchev–Trinajstić information content (AvgIpc) is 3.45. The second kappa shape index (κ2) is 8.14. The Labute approximate surface area is 204 Å². The third-order valence-corrected chi connectivity index (χ3v) is 7.91. The lowest BCUT2D eigenvalue weighted by Gasteiger charge is -2.42. The summed E-state index contributed by atoms with van der Waals surface area (Å²) in [6, 6.07) is 14.9. The van der Waals surface area contributed by atoms with E-state index in [9.17, 15) is 4.79 Å². The number of hydrogen-bond acceptors (Lipinski definition) is 8. The quantitative estimate of drug-likeness (QED) is 0.282. The Morgan fingerprint density at radius 2 is 1.85 bits per heavy atom. The fraction of sp³-hybridized carbons (Fsp3) is 0.143. The lowest BCUT2D eigenvalue weighted by Crippen LogP contribution is -2.56. The number of halogens is 2. The smallest absolute Gasteiger partial charge is 0.250 e. The fourth-order valence-corrected chi connectivity index (χ4v) is 5.97. The van der Waals surface area contributed by atoms with E-state index in [1.807, 2.05) is 42.5 Å². The van der Waals surface area contributed by atoms with Gasteiger partial charge in [0, 0.05) is 15.9 Å². The number of aromatic nitrogens is 5. The summed E-state index contributed by atoms with van der Waals surface area (Å²) in [6.45, 7) is 0.275. The molecule has 5 aromatic rings. The first-order valence-corrected chi connectivity index (χ1v) is 12.3. The summed E-state index contributed by atoms with van der Waals surface area (Å²) in [7, 11) is 0. The molecule has 0 aliphatic carbocycles. The third kappa shape index (κ3) is 3.50. The van der Waals surface area contributed by atoms with Crippen molar-refractivity contribution in [2.45, 2.75) is 18.0 Å². The van der Waals surface area contributed by atoms with E-state index < -0.39 is 5.38 Å². The lowest BCUT2D eigenvalue weighted by atomic mass is 9.94. The van der Waals surface area contributed by atoms with E-state index in [-0.39, 0.29) is 18.5 Å². The Kier molecular flexibility index (Phi) is 5.10. The molecule has 33 heavy (non-hydrogen) atoms. The largest absolute Gasteiger partial charge is 0.345 e. The van der Waals surface area contributed by atoms with Gasteiger partial charge in [-0.3, -0.25) is 9.69 Å². The van der Waals surface area contributed by atoms with Gasteiger partial charge in [-0.15, -0.1) is 32.0 Å². The van der Waals surface area contributed by atoms with Crippen molar-refractivity contribution in [3.63, 3.8) is 0 Å². The summed E-state index contributed by atoms with van der Waals surface area (Å²) in [6.07, 6.45) is 0. The number of H-pyrrole nitrogens is 1. The van der Waals surface area contributed by atoms with E-state index in [0.717, 1.165) is 26.8 Å². The van der Waals surface area contributed by atoms with Gasteiger partial charge >= 0.3 is 0 Å². The van der Waals surface area contributed by atoms with Gasteiger partial charge in [-0.1, -0.05) is 70.7 Å². The number of anilines is 1. The van der Waals surface area contributed by atoms with E-state index >= 15 is 0 Å². The number of para-hydroxylation sites is 1. The molecule has 4 heterocycles. The number of fused-ring (bicyclic) bond motifs is 3. The number of carbonyl (C=O) groups excluding carboxylic acids is 1. The van der Waals surface area contributed by atoms with Crippen LogP contribution in [0.25, 0.3) is 21.3 Å². The first kappa shape index (κ1) is 20.7. The number of benzene rings is 2. The van der Waals surface area contributed by atoms with Crippen LogP contribution in [0.5, 0.6) is 0 Å². The van der Waals surface area contributed by atoms with E-state index in [4.69, 9.17) is 23.2 Å². The normalized spacial score (nSPS) is 18.9. The van der Waals surface area contributed by atoms with Crippen LogP contribution in [0, 0.1) is 0 Å². The molecular weight excluding hydrogens is 501 g/mol. The van der Waals surface area contributed by atoms with Crippen LogP contribution in [0.3, 0.4) is 0 Å². The zero-order valence-electron chi connectivity index (χ0n) is 16.6. The van der Waals surface area contributed by atoms with Crippen LogP contribution < -0.4 is 9.70 Å². The van der Waals surface area contributed by atoms with E-state index in [0.29, 0.717) is 20.0 Å². The molecule has 3 aromatic heterocycles. The molecule has 0 bridgehead atoms. The van der Waals surface area contributed by atoms with Gasteiger partial charge < -0.3 is 4.98 Å². The zero-order chi connectivity index (χ0) is 22.5. The van der Waals surface area contributed by atoms with E-state index in [1.54, 1.807) is 11.0 Å². The molecule has 2 atom stereocenters. The van der Waals surface area contributed by atoms with Crippen molar-refractivity contribution >= 4 is 78.2 Å².